The number of benzene rings is 2. The minimum Gasteiger partial charge on any atom is -0.394 e. The van der Waals surface area contributed by atoms with E-state index in [2.05, 4.69) is 85.3 Å². The molecule has 2 aromatic carbocycles. The van der Waals surface area contributed by atoms with Gasteiger partial charge in [-0.3, -0.25) is 86.9 Å². The van der Waals surface area contributed by atoms with E-state index in [0.29, 0.717) is 64.6 Å². The van der Waals surface area contributed by atoms with Gasteiger partial charge in [-0.2, -0.15) is 0 Å². The van der Waals surface area contributed by atoms with Crippen molar-refractivity contribution in [2.45, 2.75) is 248 Å². The molecular formula is C92H135FN24O18S. The van der Waals surface area contributed by atoms with Crippen LogP contribution in [-0.4, -0.2) is 314 Å². The summed E-state index contributed by atoms with van der Waals surface area (Å²) in [5.41, 5.74) is 19.5. The minimum absolute atomic E-state index is 0.00919. The number of primary amides is 2. The number of alkyl halides is 1. The van der Waals surface area contributed by atoms with Crippen LogP contribution in [0, 0.1) is 11.3 Å². The highest BCUT2D eigenvalue weighted by Gasteiger charge is 2.45. The predicted molar refractivity (Wildman–Crippen MR) is 505 cm³/mol. The number of aliphatic hydroxyl groups is 1. The van der Waals surface area contributed by atoms with Gasteiger partial charge >= 0.3 is 0 Å². The molecule has 44 heteroatoms. The summed E-state index contributed by atoms with van der Waals surface area (Å²) in [4.78, 5) is 266. The molecule has 136 heavy (non-hydrogen) atoms. The second-order valence-corrected chi connectivity index (χ2v) is 35.7. The lowest BCUT2D eigenvalue weighted by Gasteiger charge is -2.36. The molecular weight excluding hydrogens is 1780 g/mol. The van der Waals surface area contributed by atoms with Crippen LogP contribution in [0.2, 0.25) is 0 Å². The molecule has 22 N–H and O–H groups in total. The highest BCUT2D eigenvalue weighted by Crippen LogP contribution is 2.27. The molecule has 0 radical (unpaired) electrons. The monoisotopic (exact) mass is 1920 g/mol. The number of fused-ring (bicyclic) bond motifs is 2. The number of hydrogen-bond acceptors (Lipinski definition) is 22. The fourth-order valence-corrected chi connectivity index (χ4v) is 17.0. The van der Waals surface area contributed by atoms with Crippen molar-refractivity contribution in [1.29, 1.82) is 5.41 Å². The molecule has 3 aliphatic rings. The Balaban J connectivity index is 1.34. The van der Waals surface area contributed by atoms with Crippen LogP contribution in [0.5, 0.6) is 0 Å². The molecule has 4 aromatic rings. The zero-order chi connectivity index (χ0) is 100. The standard InChI is InChI=1S/C92H135FN24O18S/c1-12-15-29-72-85(129)105-62(28-22-35-99-92(96)97)80(124)112-70(79(123)102-47-76(95)120)49-136-50-77(121)104-66(39-56-24-18-17-19-25-56)87(131)113(9)55(8)78(122)108-68(43-75(94)119)90(134)116-36-23-31-73(116)86(130)107-64(42-59-46-98-51-103-59)82(126)109-65(38-52(4)5)89(133)117(37-34-93)71(14-3)84(128)106-63(40-57-44-100-54(7)33-32-53(57)6)81(125)111-69(48-118)83(127)110-67(41-58-45-101-61-27-21-20-26-60(58)61)88(132)115(11)74(30-16-13-2)91(135)114(72)10/h17-21,24-27,32-33,44-46,51-52,54-55,62-74,100-101,118H,6,12-16,22-23,28-31,34-43,47-50H2,1-5,7-11H3,(H2,94,119)(H2,95,120)(H,98,103)(H,102,123)(H,104,121)(H,105,129)(H,106,128)(H,107,130)(H,108,122)(H,109,126)(H,110,127)(H,111,125)(H,112,124)(H4,96,97,99)/t54?,55-,62-,63-,64-,65-,66-,67-,68-,69-,70-,71-,72-,73-,74-/m0/s1. The quantitative estimate of drug-likeness (QED) is 0.0169. The van der Waals surface area contributed by atoms with Crippen molar-refractivity contribution < 1.29 is 91.0 Å². The van der Waals surface area contributed by atoms with Crippen molar-refractivity contribution in [2.75, 3.05) is 72.1 Å². The second kappa shape index (κ2) is 54.3. The molecule has 3 aliphatic heterocycles. The van der Waals surface area contributed by atoms with Gasteiger partial charge in [0, 0.05) is 113 Å². The van der Waals surface area contributed by atoms with Crippen molar-refractivity contribution in [2.24, 2.45) is 23.1 Å². The number of aromatic nitrogens is 3. The SMILES string of the molecule is C=C1C=CC(C)NC=C1C[C@@H]1NC(=O)[C@H](CC)N(CCF)C(=O)[C@H](CC(C)C)NC(=O)[C@H](Cc2cnc[nH]2)NC(=O)[C@@H]2CCCN2C(=O)[C@H](CC(N)=O)NC(=O)[C@H](C)N(C)C(=O)[C@H](Cc2ccccc2)NC(=O)CSC[C@@H](C(=O)NCC(N)=O)NC(=O)[C@H](CCCNC(=N)N)NC(=O)[C@H](CCCC)N(C)C(=O)[C@H](CCCC)N(C)C(=O)[C@H](Cc2c[nH]c3ccccc23)NC(=O)[C@H](CO)NC1=O. The Kier molecular flexibility index (Phi) is 43.8. The van der Waals surface area contributed by atoms with Crippen molar-refractivity contribution in [1.82, 2.24) is 103 Å². The maximum Gasteiger partial charge on any atom is 0.246 e. The number of para-hydroxylation sites is 1. The first kappa shape index (κ1) is 110. The molecule has 0 aliphatic carbocycles. The van der Waals surface area contributed by atoms with Crippen molar-refractivity contribution in [3.63, 3.8) is 0 Å². The fraction of sp³-hybridized carbons (Fsp3) is 0.554. The zero-order valence-corrected chi connectivity index (χ0v) is 79.7. The first-order valence-electron chi connectivity index (χ1n) is 45.9. The number of carbonyl (C=O) groups excluding carboxylic acids is 17. The van der Waals surface area contributed by atoms with E-state index in [1.54, 1.807) is 93.0 Å². The van der Waals surface area contributed by atoms with E-state index in [9.17, 15) is 48.3 Å². The third kappa shape index (κ3) is 32.5. The first-order chi connectivity index (χ1) is 64.7. The van der Waals surface area contributed by atoms with E-state index in [-0.39, 0.29) is 96.2 Å². The number of nitrogens with zero attached hydrogens (tertiary/aromatic N) is 6. The summed E-state index contributed by atoms with van der Waals surface area (Å²) in [6, 6.07) is -6.87. The van der Waals surface area contributed by atoms with Gasteiger partial charge in [-0.15, -0.1) is 11.8 Å². The summed E-state index contributed by atoms with van der Waals surface area (Å²) in [7, 11) is 3.93. The number of unbranched alkanes of at least 4 members (excludes halogenated alkanes) is 2. The van der Waals surface area contributed by atoms with E-state index in [4.69, 9.17) is 22.6 Å². The van der Waals surface area contributed by atoms with Gasteiger partial charge in [-0.05, 0) is 99.5 Å². The molecule has 1 unspecified atom stereocenters. The molecule has 15 atom stereocenters. The number of likely N-dealkylation sites (N-methyl/N-ethyl adjacent to an activating group) is 3. The van der Waals surface area contributed by atoms with E-state index >= 15 is 42.7 Å². The summed E-state index contributed by atoms with van der Waals surface area (Å²) >= 11 is 0.786. The Morgan fingerprint density at radius 1 is 0.618 bits per heavy atom. The van der Waals surface area contributed by atoms with Gasteiger partial charge in [-0.1, -0.05) is 128 Å². The van der Waals surface area contributed by atoms with Crippen LogP contribution in [0.1, 0.15) is 155 Å². The Labute approximate surface area is 794 Å². The topological polar surface area (TPSA) is 617 Å². The molecule has 0 spiro atoms. The normalized spacial score (nSPS) is 24.8. The highest BCUT2D eigenvalue weighted by molar-refractivity contribution is 8.00. The van der Waals surface area contributed by atoms with Gasteiger partial charge in [0.2, 0.25) is 100 Å². The number of aromatic amines is 2. The number of halogens is 1. The Bertz CT molecular complexity index is 4920. The summed E-state index contributed by atoms with van der Waals surface area (Å²) < 4.78 is 15.3. The van der Waals surface area contributed by atoms with Crippen LogP contribution >= 0.6 is 11.8 Å². The third-order valence-electron chi connectivity index (χ3n) is 23.9. The van der Waals surface area contributed by atoms with Crippen LogP contribution in [0.3, 0.4) is 0 Å². The summed E-state index contributed by atoms with van der Waals surface area (Å²) in [5.74, 6) is -18.0. The lowest BCUT2D eigenvalue weighted by atomic mass is 9.98. The van der Waals surface area contributed by atoms with Crippen LogP contribution < -0.4 is 81.0 Å². The summed E-state index contributed by atoms with van der Waals surface area (Å²) in [5, 5.41) is 51.9. The van der Waals surface area contributed by atoms with E-state index < -0.39 is 241 Å². The van der Waals surface area contributed by atoms with E-state index in [1.165, 1.54) is 47.5 Å². The molecule has 17 amide bonds. The van der Waals surface area contributed by atoms with Crippen LogP contribution in [0.25, 0.3) is 10.9 Å². The van der Waals surface area contributed by atoms with Crippen LogP contribution in [-0.2, 0) is 101 Å². The highest BCUT2D eigenvalue weighted by atomic mass is 32.2. The molecule has 2 aromatic heterocycles. The van der Waals surface area contributed by atoms with E-state index in [0.717, 1.165) is 36.3 Å². The molecule has 2 saturated heterocycles. The lowest BCUT2D eigenvalue weighted by Crippen LogP contribution is -2.62. The largest absolute Gasteiger partial charge is 0.394 e. The zero-order valence-electron chi connectivity index (χ0n) is 78.9. The van der Waals surface area contributed by atoms with Crippen molar-refractivity contribution in [3.8, 4) is 0 Å². The number of H-pyrrole nitrogens is 2. The smallest absolute Gasteiger partial charge is 0.246 e. The average molecular weight is 1920 g/mol. The number of thioether (sulfide) groups is 1. The number of rotatable bonds is 29. The van der Waals surface area contributed by atoms with Gasteiger partial charge in [0.15, 0.2) is 5.96 Å². The molecule has 0 saturated carbocycles. The minimum atomic E-state index is -1.92. The maximum absolute atomic E-state index is 15.8. The number of carbonyl (C=O) groups is 17. The second-order valence-electron chi connectivity index (χ2n) is 34.7. The van der Waals surface area contributed by atoms with Gasteiger partial charge in [0.05, 0.1) is 31.7 Å². The number of imidazole rings is 1. The lowest BCUT2D eigenvalue weighted by molar-refractivity contribution is -0.149. The van der Waals surface area contributed by atoms with Gasteiger partial charge in [0.1, 0.15) is 91.3 Å². The molecule has 2 fully saturated rings. The number of amides is 17. The predicted octanol–water partition coefficient (Wildman–Crippen LogP) is -1.37. The number of hydrogen-bond donors (Lipinski definition) is 19. The molecule has 7 rings (SSSR count). The van der Waals surface area contributed by atoms with Gasteiger partial charge < -0.3 is 121 Å². The fourth-order valence-electron chi connectivity index (χ4n) is 16.2. The van der Waals surface area contributed by atoms with Gasteiger partial charge in [-0.25, -0.2) is 9.37 Å². The maximum atomic E-state index is 15.8. The van der Waals surface area contributed by atoms with E-state index in [1.807, 2.05) is 20.8 Å². The van der Waals surface area contributed by atoms with Gasteiger partial charge in [0.25, 0.3) is 0 Å². The average Bonchev–Trinajstić information content (AvgIpc) is 1.56. The Morgan fingerprint density at radius 3 is 1.85 bits per heavy atom. The number of allylic oxidation sites excluding steroid dienone is 2. The number of aliphatic hydroxyl groups excluding tert-OH is 1. The van der Waals surface area contributed by atoms with Crippen LogP contribution in [0.4, 0.5) is 4.39 Å². The summed E-state index contributed by atoms with van der Waals surface area (Å²) in [6.07, 6.45) is 8.50. The number of guanidine groups is 1. The van der Waals surface area contributed by atoms with Crippen molar-refractivity contribution in [3.05, 3.63) is 126 Å². The molecule has 0 bridgehead atoms. The first-order valence-corrected chi connectivity index (χ1v) is 47.1. The number of nitrogens with one attached hydrogen (secondary N) is 15. The molecule has 42 nitrogen and oxygen atoms in total. The van der Waals surface area contributed by atoms with Crippen LogP contribution in [0.15, 0.2) is 109 Å². The number of nitrogens with two attached hydrogens (primary N) is 3. The summed E-state index contributed by atoms with van der Waals surface area (Å²) in [6.45, 7) is 12.0. The molecule has 744 valence electrons. The van der Waals surface area contributed by atoms with Crippen molar-refractivity contribution >= 4 is 129 Å². The molecule has 5 heterocycles. The Hall–Kier alpha value is -13.3. The third-order valence-corrected chi connectivity index (χ3v) is 24.9. The Morgan fingerprint density at radius 2 is 1.21 bits per heavy atom.